The molecule has 2 saturated carbocycles. The molecule has 14 nitrogen and oxygen atoms in total. The summed E-state index contributed by atoms with van der Waals surface area (Å²) in [6.07, 6.45) is 5.93. The number of benzene rings is 6. The van der Waals surface area contributed by atoms with Gasteiger partial charge in [0, 0.05) is 54.9 Å². The lowest BCUT2D eigenvalue weighted by molar-refractivity contribution is -0.135. The average molecular weight is 1180 g/mol. The minimum Gasteiger partial charge on any atom is -0.508 e. The van der Waals surface area contributed by atoms with E-state index in [1.807, 2.05) is 12.1 Å². The first-order chi connectivity index (χ1) is 38.2. The maximum atomic E-state index is 13.2. The molecule has 2 heterocycles. The smallest absolute Gasteiger partial charge is 0.339 e. The van der Waals surface area contributed by atoms with Crippen molar-refractivity contribution in [1.29, 1.82) is 0 Å². The largest absolute Gasteiger partial charge is 0.508 e. The highest BCUT2D eigenvalue weighted by molar-refractivity contribution is 8.24. The number of carbonyl (C=O) groups excluding carboxylic acids is 5. The van der Waals surface area contributed by atoms with Crippen LogP contribution in [0.2, 0.25) is 0 Å². The molecule has 2 fully saturated rings. The highest BCUT2D eigenvalue weighted by atomic mass is 36.0. The number of hydrogen-bond donors (Lipinski definition) is 1. The summed E-state index contributed by atoms with van der Waals surface area (Å²) in [5.74, 6) is 1.13. The maximum Gasteiger partial charge on any atom is 0.339 e. The Balaban J connectivity index is 0.000000213. The summed E-state index contributed by atoms with van der Waals surface area (Å²) in [4.78, 5) is 76.0. The molecule has 8 aromatic rings. The Kier molecular flexibility index (Phi) is 19.5. The number of Topliss-reactive ketones (excluding diaryl/α,β-unsaturated/α-hetero) is 4. The predicted octanol–water partition coefficient (Wildman–Crippen LogP) is 14.9. The zero-order valence-corrected chi connectivity index (χ0v) is 46.0. The SMILES string of the molecule is C.COc1cc2nccc(Oc3ccc(CC(=O)C4(C(=O)Cc5ccc(F)cc5)CC4)cc3)c2cc1C(N)=O.O=P(Cl)(Cl)Cl.[C-]#[N+]c1cc2c(Oc3ccc(CC(=O)C4(C(=O)Cc5ccc(F)cc5)CC4)cc3)ccnc2cc1OC. The summed E-state index contributed by atoms with van der Waals surface area (Å²) >= 11 is 13.8. The molecule has 2 aliphatic rings. The Morgan fingerprint density at radius 1 is 0.556 bits per heavy atom. The van der Waals surface area contributed by atoms with Gasteiger partial charge in [-0.2, -0.15) is 0 Å². The zero-order valence-electron chi connectivity index (χ0n) is 42.9. The third kappa shape index (κ3) is 15.2. The molecule has 0 aliphatic heterocycles. The van der Waals surface area contributed by atoms with Gasteiger partial charge in [0.15, 0.2) is 23.1 Å². The molecule has 0 unspecified atom stereocenters. The lowest BCUT2D eigenvalue weighted by Crippen LogP contribution is -2.28. The van der Waals surface area contributed by atoms with Crippen LogP contribution >= 0.6 is 38.9 Å². The fraction of sp³-hybridized carbons (Fsp3) is 0.213. The van der Waals surface area contributed by atoms with Gasteiger partial charge in [0.2, 0.25) is 5.69 Å². The van der Waals surface area contributed by atoms with Crippen molar-refractivity contribution in [2.45, 2.75) is 58.8 Å². The van der Waals surface area contributed by atoms with Gasteiger partial charge in [-0.15, -0.1) is 0 Å². The number of carbonyl (C=O) groups is 5. The fourth-order valence-corrected chi connectivity index (χ4v) is 8.98. The number of rotatable bonds is 19. The Bertz CT molecular complexity index is 3750. The minimum absolute atomic E-state index is 0. The van der Waals surface area contributed by atoms with Crippen LogP contribution in [0.4, 0.5) is 14.5 Å². The van der Waals surface area contributed by atoms with Gasteiger partial charge < -0.3 is 24.7 Å². The van der Waals surface area contributed by atoms with E-state index in [4.69, 9.17) is 31.3 Å². The van der Waals surface area contributed by atoms with Crippen LogP contribution in [0.5, 0.6) is 34.5 Å². The number of methoxy groups -OCH3 is 2. The normalized spacial score (nSPS) is 13.3. The summed E-state index contributed by atoms with van der Waals surface area (Å²) in [7, 11) is 2.96. The van der Waals surface area contributed by atoms with Gasteiger partial charge in [0.1, 0.15) is 46.1 Å². The van der Waals surface area contributed by atoms with E-state index in [2.05, 4.69) is 48.5 Å². The summed E-state index contributed by atoms with van der Waals surface area (Å²) in [5, 5.41) is -1.94. The van der Waals surface area contributed by atoms with Crippen LogP contribution in [0.3, 0.4) is 0 Å². The van der Waals surface area contributed by atoms with Crippen molar-refractivity contribution in [2.24, 2.45) is 16.6 Å². The quantitative estimate of drug-likeness (QED) is 0.0458. The van der Waals surface area contributed by atoms with Crippen LogP contribution in [0.25, 0.3) is 26.7 Å². The number of aromatic nitrogens is 2. The molecule has 416 valence electrons. The van der Waals surface area contributed by atoms with Crippen molar-refractivity contribution in [1.82, 2.24) is 9.97 Å². The van der Waals surface area contributed by atoms with Crippen molar-refractivity contribution < 1.29 is 56.3 Å². The molecule has 0 atom stereocenters. The standard InChI is InChI=1S/C30H25FN2O5.C30H23FN2O4.CH4.Cl3OP/c1-37-26-17-24-22(16-23(26)29(32)36)25(10-13-33-24)38-21-8-4-19(5-9-21)15-28(35)30(11-12-30)27(34)14-18-2-6-20(31)7-3-18;1-32-25-17-23-24(18-27(25)36-2)33-14-11-26(23)37-22-9-5-20(6-10-22)16-29(35)30(12-13-30)28(34)15-19-3-7-21(31)8-4-19;;1-5(2,3)4/h2-10,13,16-17H,11-12,14-15H2,1H3,(H2,32,36);3-11,14,17-18H,12-13,15-16H2,2H3;1H4;. The Labute approximate surface area is 480 Å². The van der Waals surface area contributed by atoms with Gasteiger partial charge in [0.05, 0.1) is 48.2 Å². The third-order valence-corrected chi connectivity index (χ3v) is 13.6. The first-order valence-electron chi connectivity index (χ1n) is 24.7. The molecule has 0 saturated heterocycles. The summed E-state index contributed by atoms with van der Waals surface area (Å²) < 4.78 is 58.5. The molecule has 2 aromatic heterocycles. The number of nitrogens with zero attached hydrogens (tertiary/aromatic N) is 3. The molecule has 0 spiro atoms. The van der Waals surface area contributed by atoms with Crippen molar-refractivity contribution >= 4 is 95.5 Å². The highest BCUT2D eigenvalue weighted by Crippen LogP contribution is 2.61. The van der Waals surface area contributed by atoms with Crippen LogP contribution in [-0.2, 0) is 49.4 Å². The number of amides is 1. The van der Waals surface area contributed by atoms with Crippen LogP contribution in [0.1, 0.15) is 65.7 Å². The van der Waals surface area contributed by atoms with E-state index < -0.39 is 21.9 Å². The van der Waals surface area contributed by atoms with Gasteiger partial charge >= 0.3 is 5.20 Å². The number of halogens is 5. The lowest BCUT2D eigenvalue weighted by Gasteiger charge is -2.14. The topological polar surface area (TPSA) is 195 Å². The first-order valence-corrected chi connectivity index (χ1v) is 29.1. The second-order valence-electron chi connectivity index (χ2n) is 18.9. The van der Waals surface area contributed by atoms with Gasteiger partial charge in [-0.25, -0.2) is 13.6 Å². The Hall–Kier alpha value is -8.06. The van der Waals surface area contributed by atoms with Crippen molar-refractivity contribution in [3.8, 4) is 34.5 Å². The second kappa shape index (κ2) is 26.0. The number of pyridine rings is 2. The number of ketones is 4. The molecule has 1 amide bonds. The third-order valence-electron chi connectivity index (χ3n) is 13.6. The molecular weight excluding hydrogens is 1120 g/mol. The van der Waals surface area contributed by atoms with E-state index >= 15 is 0 Å². The van der Waals surface area contributed by atoms with E-state index in [0.29, 0.717) is 98.8 Å². The zero-order chi connectivity index (χ0) is 57.4. The van der Waals surface area contributed by atoms with Crippen LogP contribution in [0, 0.1) is 29.0 Å². The molecular formula is C61H52Cl3F2N4O10P. The lowest BCUT2D eigenvalue weighted by atomic mass is 9.88. The molecule has 10 rings (SSSR count). The maximum absolute atomic E-state index is 13.2. The fourth-order valence-electron chi connectivity index (χ4n) is 8.98. The molecule has 6 aromatic carbocycles. The molecule has 0 bridgehead atoms. The monoisotopic (exact) mass is 1170 g/mol. The molecule has 0 radical (unpaired) electrons. The van der Waals surface area contributed by atoms with Crippen LogP contribution < -0.4 is 24.7 Å². The number of hydrogen-bond acceptors (Lipinski definition) is 12. The Morgan fingerprint density at radius 2 is 0.889 bits per heavy atom. The summed E-state index contributed by atoms with van der Waals surface area (Å²) in [5.41, 5.74) is 8.38. The van der Waals surface area contributed by atoms with Crippen LogP contribution in [-0.4, -0.2) is 53.2 Å². The summed E-state index contributed by atoms with van der Waals surface area (Å²) in [6, 6.07) is 35.8. The van der Waals surface area contributed by atoms with Crippen LogP contribution in [0.15, 0.2) is 146 Å². The predicted molar refractivity (Wildman–Crippen MR) is 307 cm³/mol. The van der Waals surface area contributed by atoms with Crippen molar-refractivity contribution in [3.05, 3.63) is 197 Å². The van der Waals surface area contributed by atoms with Gasteiger partial charge in [-0.3, -0.25) is 38.5 Å². The van der Waals surface area contributed by atoms with E-state index in [0.717, 1.165) is 11.1 Å². The van der Waals surface area contributed by atoms with Gasteiger partial charge in [0.25, 0.3) is 5.91 Å². The Morgan fingerprint density at radius 3 is 1.21 bits per heavy atom. The van der Waals surface area contributed by atoms with E-state index in [1.165, 1.54) is 38.5 Å². The van der Waals surface area contributed by atoms with Gasteiger partial charge in [-0.1, -0.05) is 56.0 Å². The molecule has 20 heteroatoms. The second-order valence-corrected chi connectivity index (χ2v) is 25.6. The highest BCUT2D eigenvalue weighted by Gasteiger charge is 2.55. The van der Waals surface area contributed by atoms with Crippen molar-refractivity contribution in [2.75, 3.05) is 14.2 Å². The minimum atomic E-state index is -3.22. The number of fused-ring (bicyclic) bond motifs is 2. The average Bonchev–Trinajstić information content (AvgIpc) is 4.57. The van der Waals surface area contributed by atoms with E-state index in [-0.39, 0.29) is 73.4 Å². The number of primary amides is 1. The van der Waals surface area contributed by atoms with Crippen molar-refractivity contribution in [3.63, 3.8) is 0 Å². The molecule has 81 heavy (non-hydrogen) atoms. The van der Waals surface area contributed by atoms with E-state index in [9.17, 15) is 37.3 Å². The molecule has 2 N–H and O–H groups in total. The number of ether oxygens (including phenoxy) is 4. The summed E-state index contributed by atoms with van der Waals surface area (Å²) in [6.45, 7) is 7.39. The van der Waals surface area contributed by atoms with Gasteiger partial charge in [-0.05, 0) is 161 Å². The molecule has 2 aliphatic carbocycles. The number of nitrogens with two attached hydrogens (primary N) is 1. The van der Waals surface area contributed by atoms with E-state index in [1.54, 1.807) is 109 Å². The first kappa shape index (κ1) is 60.6.